The van der Waals surface area contributed by atoms with E-state index in [0.717, 1.165) is 46.9 Å². The molecule has 0 aliphatic carbocycles. The number of nitrogens with one attached hydrogen (secondary N) is 1. The minimum Gasteiger partial charge on any atom is -0.493 e. The maximum atomic E-state index is 12.4. The zero-order valence-corrected chi connectivity index (χ0v) is 18.1. The van der Waals surface area contributed by atoms with Crippen LogP contribution in [-0.2, 0) is 13.0 Å². The number of carbonyl (C=O) groups is 1. The summed E-state index contributed by atoms with van der Waals surface area (Å²) in [5, 5.41) is 7.47. The first kappa shape index (κ1) is 21.4. The highest BCUT2D eigenvalue weighted by Crippen LogP contribution is 2.27. The summed E-state index contributed by atoms with van der Waals surface area (Å²) in [6.45, 7) is 5.35. The molecule has 1 heterocycles. The van der Waals surface area contributed by atoms with Crippen molar-refractivity contribution in [2.75, 3.05) is 20.8 Å². The SMILES string of the molecule is COc1ccc(CCCNC(=O)c2ccc(Cn3nc(C)cc3C)cc2)cc1OC. The first-order valence-electron chi connectivity index (χ1n) is 10.1. The Morgan fingerprint density at radius 2 is 1.67 bits per heavy atom. The number of aryl methyl sites for hydroxylation is 3. The van der Waals surface area contributed by atoms with E-state index >= 15 is 0 Å². The van der Waals surface area contributed by atoms with Crippen molar-refractivity contribution in [3.8, 4) is 11.5 Å². The lowest BCUT2D eigenvalue weighted by atomic mass is 10.1. The minimum absolute atomic E-state index is 0.0556. The maximum absolute atomic E-state index is 12.4. The van der Waals surface area contributed by atoms with Gasteiger partial charge in [-0.25, -0.2) is 0 Å². The third kappa shape index (κ3) is 5.41. The monoisotopic (exact) mass is 407 g/mol. The molecule has 3 rings (SSSR count). The molecule has 0 fully saturated rings. The second-order valence-corrected chi connectivity index (χ2v) is 7.33. The van der Waals surface area contributed by atoms with Gasteiger partial charge in [-0.3, -0.25) is 9.48 Å². The van der Waals surface area contributed by atoms with E-state index in [0.29, 0.717) is 18.7 Å². The summed E-state index contributed by atoms with van der Waals surface area (Å²) in [4.78, 5) is 12.4. The number of rotatable bonds is 9. The van der Waals surface area contributed by atoms with Gasteiger partial charge in [-0.05, 0) is 68.1 Å². The standard InChI is InChI=1S/C24H29N3O3/c1-17-14-18(2)27(26-17)16-20-7-10-21(11-8-20)24(28)25-13-5-6-19-9-12-22(29-3)23(15-19)30-4/h7-12,14-15H,5-6,13,16H2,1-4H3,(H,25,28). The van der Waals surface area contributed by atoms with Crippen molar-refractivity contribution in [2.24, 2.45) is 0 Å². The molecule has 0 bridgehead atoms. The van der Waals surface area contributed by atoms with Crippen LogP contribution in [0, 0.1) is 13.8 Å². The number of ether oxygens (including phenoxy) is 2. The van der Waals surface area contributed by atoms with Crippen LogP contribution >= 0.6 is 0 Å². The normalized spacial score (nSPS) is 10.7. The Morgan fingerprint density at radius 1 is 0.967 bits per heavy atom. The van der Waals surface area contributed by atoms with Crippen LogP contribution in [0.15, 0.2) is 48.5 Å². The summed E-state index contributed by atoms with van der Waals surface area (Å²) in [7, 11) is 3.25. The van der Waals surface area contributed by atoms with Crippen LogP contribution in [-0.4, -0.2) is 36.5 Å². The molecule has 6 heteroatoms. The number of methoxy groups -OCH3 is 2. The van der Waals surface area contributed by atoms with Crippen molar-refractivity contribution in [2.45, 2.75) is 33.2 Å². The second-order valence-electron chi connectivity index (χ2n) is 7.33. The number of nitrogens with zero attached hydrogens (tertiary/aromatic N) is 2. The second kappa shape index (κ2) is 9.96. The van der Waals surface area contributed by atoms with Gasteiger partial charge in [0, 0.05) is 17.8 Å². The van der Waals surface area contributed by atoms with Gasteiger partial charge >= 0.3 is 0 Å². The van der Waals surface area contributed by atoms with Gasteiger partial charge in [-0.1, -0.05) is 18.2 Å². The molecule has 3 aromatic rings. The maximum Gasteiger partial charge on any atom is 0.251 e. The van der Waals surface area contributed by atoms with Crippen molar-refractivity contribution in [3.63, 3.8) is 0 Å². The predicted molar refractivity (Wildman–Crippen MR) is 117 cm³/mol. The Labute approximate surface area is 177 Å². The van der Waals surface area contributed by atoms with Crippen LogP contribution in [0.2, 0.25) is 0 Å². The number of benzene rings is 2. The Balaban J connectivity index is 1.47. The van der Waals surface area contributed by atoms with E-state index in [1.54, 1.807) is 14.2 Å². The third-order valence-corrected chi connectivity index (χ3v) is 5.03. The molecule has 1 N–H and O–H groups in total. The quantitative estimate of drug-likeness (QED) is 0.546. The molecule has 0 unspecified atom stereocenters. The average Bonchev–Trinajstić information content (AvgIpc) is 3.07. The molecule has 1 aromatic heterocycles. The first-order chi connectivity index (χ1) is 14.5. The molecular weight excluding hydrogens is 378 g/mol. The van der Waals surface area contributed by atoms with Crippen LogP contribution in [0.3, 0.4) is 0 Å². The largest absolute Gasteiger partial charge is 0.493 e. The summed E-state index contributed by atoms with van der Waals surface area (Å²) < 4.78 is 12.6. The minimum atomic E-state index is -0.0556. The zero-order chi connectivity index (χ0) is 21.5. The highest BCUT2D eigenvalue weighted by Gasteiger charge is 2.08. The molecule has 0 saturated carbocycles. The van der Waals surface area contributed by atoms with E-state index in [9.17, 15) is 4.79 Å². The summed E-state index contributed by atoms with van der Waals surface area (Å²) in [5.41, 5.74) is 5.07. The van der Waals surface area contributed by atoms with Crippen LogP contribution in [0.25, 0.3) is 0 Å². The molecule has 0 radical (unpaired) electrons. The summed E-state index contributed by atoms with van der Waals surface area (Å²) in [6.07, 6.45) is 1.69. The van der Waals surface area contributed by atoms with Crippen molar-refractivity contribution >= 4 is 5.91 Å². The van der Waals surface area contributed by atoms with Crippen LogP contribution in [0.5, 0.6) is 11.5 Å². The average molecular weight is 408 g/mol. The number of amides is 1. The Bertz CT molecular complexity index is 993. The number of carbonyl (C=O) groups excluding carboxylic acids is 1. The number of aromatic nitrogens is 2. The predicted octanol–water partition coefficient (Wildman–Crippen LogP) is 3.93. The number of hydrogen-bond acceptors (Lipinski definition) is 4. The summed E-state index contributed by atoms with van der Waals surface area (Å²) in [6, 6.07) is 15.6. The van der Waals surface area contributed by atoms with Crippen LogP contribution in [0.4, 0.5) is 0 Å². The van der Waals surface area contributed by atoms with Crippen LogP contribution in [0.1, 0.15) is 39.3 Å². The van der Waals surface area contributed by atoms with Gasteiger partial charge in [0.1, 0.15) is 0 Å². The van der Waals surface area contributed by atoms with Gasteiger partial charge in [0.25, 0.3) is 5.91 Å². The Kier molecular flexibility index (Phi) is 7.12. The fourth-order valence-corrected chi connectivity index (χ4v) is 3.40. The van der Waals surface area contributed by atoms with Gasteiger partial charge in [0.05, 0.1) is 26.5 Å². The van der Waals surface area contributed by atoms with Crippen molar-refractivity contribution < 1.29 is 14.3 Å². The van der Waals surface area contributed by atoms with Gasteiger partial charge in [0.15, 0.2) is 11.5 Å². The van der Waals surface area contributed by atoms with Crippen molar-refractivity contribution in [1.82, 2.24) is 15.1 Å². The molecule has 0 aliphatic rings. The molecule has 0 spiro atoms. The highest BCUT2D eigenvalue weighted by molar-refractivity contribution is 5.94. The fraction of sp³-hybridized carbons (Fsp3) is 0.333. The van der Waals surface area contributed by atoms with E-state index in [-0.39, 0.29) is 5.91 Å². The van der Waals surface area contributed by atoms with Crippen molar-refractivity contribution in [3.05, 3.63) is 76.6 Å². The van der Waals surface area contributed by atoms with Gasteiger partial charge in [-0.2, -0.15) is 5.10 Å². The smallest absolute Gasteiger partial charge is 0.251 e. The lowest BCUT2D eigenvalue weighted by Gasteiger charge is -2.10. The number of hydrogen-bond donors (Lipinski definition) is 1. The molecule has 158 valence electrons. The molecule has 0 atom stereocenters. The van der Waals surface area contributed by atoms with E-state index in [2.05, 4.69) is 16.5 Å². The van der Waals surface area contributed by atoms with Gasteiger partial charge in [-0.15, -0.1) is 0 Å². The Hall–Kier alpha value is -3.28. The van der Waals surface area contributed by atoms with E-state index in [1.807, 2.05) is 61.0 Å². The topological polar surface area (TPSA) is 65.4 Å². The molecule has 0 saturated heterocycles. The molecule has 2 aromatic carbocycles. The third-order valence-electron chi connectivity index (χ3n) is 5.03. The summed E-state index contributed by atoms with van der Waals surface area (Å²) in [5.74, 6) is 1.38. The van der Waals surface area contributed by atoms with E-state index < -0.39 is 0 Å². The molecule has 0 aliphatic heterocycles. The van der Waals surface area contributed by atoms with Crippen LogP contribution < -0.4 is 14.8 Å². The molecule has 30 heavy (non-hydrogen) atoms. The summed E-state index contributed by atoms with van der Waals surface area (Å²) >= 11 is 0. The molecule has 1 amide bonds. The molecular formula is C24H29N3O3. The zero-order valence-electron chi connectivity index (χ0n) is 18.1. The molecule has 6 nitrogen and oxygen atoms in total. The van der Waals surface area contributed by atoms with E-state index in [4.69, 9.17) is 9.47 Å². The lowest BCUT2D eigenvalue weighted by Crippen LogP contribution is -2.24. The van der Waals surface area contributed by atoms with Gasteiger partial charge < -0.3 is 14.8 Å². The Morgan fingerprint density at radius 3 is 2.30 bits per heavy atom. The van der Waals surface area contributed by atoms with E-state index in [1.165, 1.54) is 0 Å². The van der Waals surface area contributed by atoms with Gasteiger partial charge in [0.2, 0.25) is 0 Å². The first-order valence-corrected chi connectivity index (χ1v) is 10.1. The van der Waals surface area contributed by atoms with Crippen molar-refractivity contribution in [1.29, 1.82) is 0 Å². The fourth-order valence-electron chi connectivity index (χ4n) is 3.40. The highest BCUT2D eigenvalue weighted by atomic mass is 16.5. The lowest BCUT2D eigenvalue weighted by molar-refractivity contribution is 0.0953.